The summed E-state index contributed by atoms with van der Waals surface area (Å²) in [5, 5.41) is 2.61. The van der Waals surface area contributed by atoms with E-state index in [2.05, 4.69) is 10.3 Å². The number of thioether (sulfide) groups is 1. The number of carbonyl (C=O) groups excluding carboxylic acids is 2. The number of benzene rings is 1. The zero-order chi connectivity index (χ0) is 22.1. The van der Waals surface area contributed by atoms with Crippen LogP contribution in [0, 0.1) is 6.92 Å². The van der Waals surface area contributed by atoms with Crippen LogP contribution in [0.25, 0.3) is 0 Å². The number of carbonyl (C=O) groups is 2. The summed E-state index contributed by atoms with van der Waals surface area (Å²) in [5.41, 5.74) is -0.330. The Balaban J connectivity index is 1.94. The van der Waals surface area contributed by atoms with Crippen LogP contribution in [0.1, 0.15) is 37.3 Å². The first-order valence-corrected chi connectivity index (χ1v) is 10.7. The van der Waals surface area contributed by atoms with E-state index in [0.29, 0.717) is 11.3 Å². The van der Waals surface area contributed by atoms with Gasteiger partial charge in [0.05, 0.1) is 0 Å². The summed E-state index contributed by atoms with van der Waals surface area (Å²) in [6, 6.07) is 8.83. The first kappa shape index (κ1) is 21.9. The van der Waals surface area contributed by atoms with Crippen LogP contribution in [0.4, 0.5) is 0 Å². The summed E-state index contributed by atoms with van der Waals surface area (Å²) in [5.74, 6) is -0.143. The van der Waals surface area contributed by atoms with Gasteiger partial charge < -0.3 is 10.2 Å². The Morgan fingerprint density at radius 3 is 2.50 bits per heavy atom. The molecule has 160 valence electrons. The monoisotopic (exact) mass is 430 g/mol. The maximum Gasteiger partial charge on any atom is 0.328 e. The normalized spacial score (nSPS) is 19.0. The molecule has 1 aromatic carbocycles. The molecule has 0 spiro atoms. The van der Waals surface area contributed by atoms with Crippen molar-refractivity contribution in [2.24, 2.45) is 0 Å². The number of nitrogens with one attached hydrogen (secondary N) is 2. The molecule has 1 unspecified atom stereocenters. The average molecular weight is 431 g/mol. The standard InChI is InChI=1S/C21H26N4O4S/c1-13-10-24(20(29)22-17(13)27)11-16(26)25-15(18(28)23-21(2,3)4)12-30-19(25)14-8-6-5-7-9-14/h5-10,15,19H,11-12H2,1-4H3,(H,23,28)(H,22,27,29)/t15-,19?/m0/s1. The number of aromatic nitrogens is 2. The number of aromatic amines is 1. The minimum Gasteiger partial charge on any atom is -0.350 e. The van der Waals surface area contributed by atoms with Crippen LogP contribution in [0.2, 0.25) is 0 Å². The molecule has 1 fully saturated rings. The summed E-state index contributed by atoms with van der Waals surface area (Å²) in [7, 11) is 0. The van der Waals surface area contributed by atoms with E-state index < -0.39 is 22.8 Å². The van der Waals surface area contributed by atoms with Crippen LogP contribution in [0.5, 0.6) is 0 Å². The van der Waals surface area contributed by atoms with Gasteiger partial charge in [0.25, 0.3) is 5.56 Å². The maximum absolute atomic E-state index is 13.3. The van der Waals surface area contributed by atoms with Crippen molar-refractivity contribution in [1.82, 2.24) is 19.8 Å². The van der Waals surface area contributed by atoms with Crippen LogP contribution in [0.3, 0.4) is 0 Å². The van der Waals surface area contributed by atoms with Gasteiger partial charge in [-0.2, -0.15) is 0 Å². The summed E-state index contributed by atoms with van der Waals surface area (Å²) < 4.78 is 1.17. The highest BCUT2D eigenvalue weighted by Gasteiger charge is 2.42. The fourth-order valence-electron chi connectivity index (χ4n) is 3.30. The molecule has 1 saturated heterocycles. The number of rotatable bonds is 4. The number of H-pyrrole nitrogens is 1. The maximum atomic E-state index is 13.3. The summed E-state index contributed by atoms with van der Waals surface area (Å²) in [6.07, 6.45) is 1.37. The molecule has 2 aromatic rings. The van der Waals surface area contributed by atoms with E-state index in [-0.39, 0.29) is 23.7 Å². The SMILES string of the molecule is Cc1cn(CC(=O)N2C(c3ccccc3)SC[C@H]2C(=O)NC(C)(C)C)c(=O)[nH]c1=O. The van der Waals surface area contributed by atoms with E-state index in [0.717, 1.165) is 5.56 Å². The summed E-state index contributed by atoms with van der Waals surface area (Å²) in [4.78, 5) is 53.8. The van der Waals surface area contributed by atoms with E-state index in [4.69, 9.17) is 0 Å². The Bertz CT molecular complexity index is 1060. The second-order valence-corrected chi connectivity index (χ2v) is 9.46. The van der Waals surface area contributed by atoms with Crippen molar-refractivity contribution in [1.29, 1.82) is 0 Å². The largest absolute Gasteiger partial charge is 0.350 e. The second kappa shape index (κ2) is 8.51. The smallest absolute Gasteiger partial charge is 0.328 e. The zero-order valence-corrected chi connectivity index (χ0v) is 18.3. The lowest BCUT2D eigenvalue weighted by atomic mass is 10.1. The van der Waals surface area contributed by atoms with Gasteiger partial charge in [0.15, 0.2) is 0 Å². The van der Waals surface area contributed by atoms with Crippen molar-refractivity contribution in [3.63, 3.8) is 0 Å². The quantitative estimate of drug-likeness (QED) is 0.763. The predicted octanol–water partition coefficient (Wildman–Crippen LogP) is 1.40. The van der Waals surface area contributed by atoms with Gasteiger partial charge in [-0.15, -0.1) is 11.8 Å². The number of amides is 2. The lowest BCUT2D eigenvalue weighted by Crippen LogP contribution is -2.53. The molecule has 1 aliphatic rings. The molecule has 2 heterocycles. The second-order valence-electron chi connectivity index (χ2n) is 8.35. The van der Waals surface area contributed by atoms with Crippen molar-refractivity contribution in [2.75, 3.05) is 5.75 Å². The molecule has 2 atom stereocenters. The van der Waals surface area contributed by atoms with Crippen LogP contribution < -0.4 is 16.6 Å². The lowest BCUT2D eigenvalue weighted by molar-refractivity contribution is -0.141. The van der Waals surface area contributed by atoms with Crippen molar-refractivity contribution < 1.29 is 9.59 Å². The van der Waals surface area contributed by atoms with Gasteiger partial charge in [0.1, 0.15) is 18.0 Å². The highest BCUT2D eigenvalue weighted by molar-refractivity contribution is 7.99. The van der Waals surface area contributed by atoms with E-state index in [1.165, 1.54) is 22.5 Å². The van der Waals surface area contributed by atoms with Gasteiger partial charge in [-0.3, -0.25) is 23.9 Å². The topological polar surface area (TPSA) is 104 Å². The number of hydrogen-bond donors (Lipinski definition) is 2. The molecule has 1 aliphatic heterocycles. The molecule has 2 N–H and O–H groups in total. The van der Waals surface area contributed by atoms with Gasteiger partial charge in [0.2, 0.25) is 11.8 Å². The first-order valence-electron chi connectivity index (χ1n) is 9.67. The van der Waals surface area contributed by atoms with Gasteiger partial charge in [-0.25, -0.2) is 4.79 Å². The highest BCUT2D eigenvalue weighted by Crippen LogP contribution is 2.41. The van der Waals surface area contributed by atoms with Crippen molar-refractivity contribution in [2.45, 2.75) is 51.2 Å². The van der Waals surface area contributed by atoms with E-state index in [1.54, 1.807) is 11.8 Å². The number of nitrogens with zero attached hydrogens (tertiary/aromatic N) is 2. The molecule has 0 aliphatic carbocycles. The van der Waals surface area contributed by atoms with Gasteiger partial charge in [-0.05, 0) is 33.3 Å². The molecule has 9 heteroatoms. The average Bonchev–Trinajstić information content (AvgIpc) is 3.11. The zero-order valence-electron chi connectivity index (χ0n) is 17.5. The molecule has 8 nitrogen and oxygen atoms in total. The Morgan fingerprint density at radius 2 is 1.87 bits per heavy atom. The van der Waals surface area contributed by atoms with Crippen LogP contribution in [-0.2, 0) is 16.1 Å². The van der Waals surface area contributed by atoms with Crippen molar-refractivity contribution in [3.8, 4) is 0 Å². The minimum atomic E-state index is -0.661. The Hall–Kier alpha value is -2.81. The fourth-order valence-corrected chi connectivity index (χ4v) is 4.75. The molecular weight excluding hydrogens is 404 g/mol. The first-order chi connectivity index (χ1) is 14.1. The molecule has 1 aromatic heterocycles. The Morgan fingerprint density at radius 1 is 1.20 bits per heavy atom. The summed E-state index contributed by atoms with van der Waals surface area (Å²) in [6.45, 7) is 6.96. The van der Waals surface area contributed by atoms with Crippen molar-refractivity contribution in [3.05, 3.63) is 68.5 Å². The van der Waals surface area contributed by atoms with Crippen molar-refractivity contribution >= 4 is 23.6 Å². The minimum absolute atomic E-state index is 0.230. The predicted molar refractivity (Wildman–Crippen MR) is 116 cm³/mol. The molecule has 0 bridgehead atoms. The Kier molecular flexibility index (Phi) is 6.21. The fraction of sp³-hybridized carbons (Fsp3) is 0.429. The van der Waals surface area contributed by atoms with E-state index in [9.17, 15) is 19.2 Å². The molecule has 2 amide bonds. The third-order valence-electron chi connectivity index (χ3n) is 4.67. The van der Waals surface area contributed by atoms with E-state index in [1.807, 2.05) is 51.1 Å². The molecular formula is C21H26N4O4S. The Labute approximate surface area is 178 Å². The van der Waals surface area contributed by atoms with Crippen LogP contribution in [0.15, 0.2) is 46.1 Å². The van der Waals surface area contributed by atoms with Gasteiger partial charge >= 0.3 is 5.69 Å². The molecule has 3 rings (SSSR count). The number of aryl methyl sites for hydroxylation is 1. The van der Waals surface area contributed by atoms with Gasteiger partial charge in [0, 0.05) is 23.1 Å². The lowest BCUT2D eigenvalue weighted by Gasteiger charge is -2.31. The molecule has 30 heavy (non-hydrogen) atoms. The third kappa shape index (κ3) is 4.84. The third-order valence-corrected chi connectivity index (χ3v) is 5.99. The molecule has 0 saturated carbocycles. The molecule has 0 radical (unpaired) electrons. The summed E-state index contributed by atoms with van der Waals surface area (Å²) >= 11 is 1.51. The van der Waals surface area contributed by atoms with E-state index >= 15 is 0 Å². The van der Waals surface area contributed by atoms with Gasteiger partial charge in [-0.1, -0.05) is 30.3 Å². The van der Waals surface area contributed by atoms with Crippen LogP contribution in [-0.4, -0.2) is 43.6 Å². The number of hydrogen-bond acceptors (Lipinski definition) is 5. The highest BCUT2D eigenvalue weighted by atomic mass is 32.2. The van der Waals surface area contributed by atoms with Crippen LogP contribution >= 0.6 is 11.8 Å².